The number of rotatable bonds is 5. The average molecular weight is 364 g/mol. The number of ketones is 1. The van der Waals surface area contributed by atoms with Gasteiger partial charge in [-0.25, -0.2) is 4.79 Å². The molecule has 1 saturated carbocycles. The summed E-state index contributed by atoms with van der Waals surface area (Å²) in [6, 6.07) is 16.1. The van der Waals surface area contributed by atoms with Crippen LogP contribution in [0.15, 0.2) is 54.6 Å². The van der Waals surface area contributed by atoms with Gasteiger partial charge in [-0.2, -0.15) is 0 Å². The first-order valence-electron chi connectivity index (χ1n) is 9.55. The summed E-state index contributed by atoms with van der Waals surface area (Å²) < 4.78 is 0. The molecule has 2 unspecified atom stereocenters. The van der Waals surface area contributed by atoms with Crippen LogP contribution >= 0.6 is 0 Å². The average Bonchev–Trinajstić information content (AvgIpc) is 2.91. The number of nitrogens with one attached hydrogen (secondary N) is 1. The lowest BCUT2D eigenvalue weighted by Gasteiger charge is -2.34. The van der Waals surface area contributed by atoms with E-state index in [4.69, 9.17) is 0 Å². The maximum Gasteiger partial charge on any atom is 0.411 e. The fourth-order valence-electron chi connectivity index (χ4n) is 4.64. The van der Waals surface area contributed by atoms with Crippen LogP contribution in [0, 0.1) is 17.8 Å². The molecule has 0 spiro atoms. The molecule has 4 rings (SSSR count). The fourth-order valence-corrected chi connectivity index (χ4v) is 4.64. The molecule has 5 heteroatoms. The second kappa shape index (κ2) is 7.53. The maximum absolute atomic E-state index is 13.0. The largest absolute Gasteiger partial charge is 0.465 e. The molecule has 1 aliphatic carbocycles. The standard InChI is InChI=1S/C22H24N2O3/c25-21(15-6-2-1-3-7-15)18-8-4-5-9-20(18)24(22(26)27)14-19-16-10-11-17(19)13-23-12-16/h1-9,16-17,19,23H,10-14H2,(H,26,27). The van der Waals surface area contributed by atoms with Crippen molar-refractivity contribution < 1.29 is 14.7 Å². The van der Waals surface area contributed by atoms with Crippen molar-refractivity contribution in [3.05, 3.63) is 65.7 Å². The number of anilines is 1. The lowest BCUT2D eigenvalue weighted by molar-refractivity contribution is 0.103. The van der Waals surface area contributed by atoms with Crippen molar-refractivity contribution in [1.29, 1.82) is 0 Å². The zero-order chi connectivity index (χ0) is 18.8. The summed E-state index contributed by atoms with van der Waals surface area (Å²) in [7, 11) is 0. The Morgan fingerprint density at radius 3 is 2.26 bits per heavy atom. The van der Waals surface area contributed by atoms with Gasteiger partial charge >= 0.3 is 6.09 Å². The topological polar surface area (TPSA) is 69.6 Å². The van der Waals surface area contributed by atoms with Crippen LogP contribution in [0.2, 0.25) is 0 Å². The van der Waals surface area contributed by atoms with Crippen LogP contribution in [0.1, 0.15) is 28.8 Å². The highest BCUT2D eigenvalue weighted by molar-refractivity contribution is 6.13. The van der Waals surface area contributed by atoms with E-state index in [1.54, 1.807) is 36.4 Å². The van der Waals surface area contributed by atoms with Gasteiger partial charge in [-0.05, 0) is 55.8 Å². The molecule has 2 N–H and O–H groups in total. The monoisotopic (exact) mass is 364 g/mol. The van der Waals surface area contributed by atoms with Crippen LogP contribution in [-0.4, -0.2) is 36.6 Å². The first-order chi connectivity index (χ1) is 13.1. The van der Waals surface area contributed by atoms with E-state index in [0.29, 0.717) is 41.1 Å². The summed E-state index contributed by atoms with van der Waals surface area (Å²) in [5.74, 6) is 1.23. The molecule has 0 aromatic heterocycles. The number of nitrogens with zero attached hydrogens (tertiary/aromatic N) is 1. The molecule has 2 aromatic carbocycles. The molecule has 2 fully saturated rings. The van der Waals surface area contributed by atoms with Crippen molar-refractivity contribution >= 4 is 17.6 Å². The molecule has 5 nitrogen and oxygen atoms in total. The number of carboxylic acid groups (broad SMARTS) is 1. The first kappa shape index (κ1) is 17.7. The van der Waals surface area contributed by atoms with Gasteiger partial charge in [-0.15, -0.1) is 0 Å². The highest BCUT2D eigenvalue weighted by Gasteiger charge is 2.40. The minimum absolute atomic E-state index is 0.147. The molecule has 2 atom stereocenters. The van der Waals surface area contributed by atoms with Crippen molar-refractivity contribution in [3.8, 4) is 0 Å². The molecule has 140 valence electrons. The summed E-state index contributed by atoms with van der Waals surface area (Å²) in [6.45, 7) is 2.36. The second-order valence-electron chi connectivity index (χ2n) is 7.53. The maximum atomic E-state index is 13.0. The molecule has 27 heavy (non-hydrogen) atoms. The van der Waals surface area contributed by atoms with Crippen LogP contribution < -0.4 is 10.2 Å². The van der Waals surface area contributed by atoms with Gasteiger partial charge in [0, 0.05) is 17.7 Å². The lowest BCUT2D eigenvalue weighted by Crippen LogP contribution is -2.45. The normalized spacial score (nSPS) is 23.8. The van der Waals surface area contributed by atoms with Gasteiger partial charge in [0.2, 0.25) is 0 Å². The Morgan fingerprint density at radius 2 is 1.59 bits per heavy atom. The summed E-state index contributed by atoms with van der Waals surface area (Å²) >= 11 is 0. The Labute approximate surface area is 159 Å². The third-order valence-corrected chi connectivity index (χ3v) is 6.03. The number of para-hydroxylation sites is 1. The van der Waals surface area contributed by atoms with Crippen molar-refractivity contribution in [3.63, 3.8) is 0 Å². The van der Waals surface area contributed by atoms with Gasteiger partial charge in [0.1, 0.15) is 0 Å². The number of amides is 1. The zero-order valence-electron chi connectivity index (χ0n) is 15.2. The molecule has 2 aliphatic rings. The Bertz CT molecular complexity index is 820. The summed E-state index contributed by atoms with van der Waals surface area (Å²) in [5, 5.41) is 13.4. The van der Waals surface area contributed by atoms with E-state index < -0.39 is 6.09 Å². The fraction of sp³-hybridized carbons (Fsp3) is 0.364. The van der Waals surface area contributed by atoms with Gasteiger partial charge < -0.3 is 10.4 Å². The van der Waals surface area contributed by atoms with E-state index in [2.05, 4.69) is 5.32 Å². The number of fused-ring (bicyclic) bond motifs is 2. The quantitative estimate of drug-likeness (QED) is 0.795. The molecular weight excluding hydrogens is 340 g/mol. The van der Waals surface area contributed by atoms with Gasteiger partial charge in [0.25, 0.3) is 0 Å². The molecule has 0 radical (unpaired) electrons. The number of hydrogen-bond acceptors (Lipinski definition) is 3. The van der Waals surface area contributed by atoms with Gasteiger partial charge in [0.05, 0.1) is 5.69 Å². The molecule has 1 saturated heterocycles. The van der Waals surface area contributed by atoms with Crippen molar-refractivity contribution in [2.24, 2.45) is 17.8 Å². The minimum Gasteiger partial charge on any atom is -0.465 e. The van der Waals surface area contributed by atoms with Crippen LogP contribution in [-0.2, 0) is 0 Å². The van der Waals surface area contributed by atoms with Gasteiger partial charge in [-0.1, -0.05) is 42.5 Å². The Kier molecular flexibility index (Phi) is 4.94. The van der Waals surface area contributed by atoms with Gasteiger partial charge in [-0.3, -0.25) is 9.69 Å². The van der Waals surface area contributed by atoms with E-state index >= 15 is 0 Å². The lowest BCUT2D eigenvalue weighted by atomic mass is 9.85. The van der Waals surface area contributed by atoms with E-state index in [9.17, 15) is 14.7 Å². The number of piperidine rings is 1. The predicted molar refractivity (Wildman–Crippen MR) is 104 cm³/mol. The number of carbonyl (C=O) groups excluding carboxylic acids is 1. The number of benzene rings is 2. The van der Waals surface area contributed by atoms with Gasteiger partial charge in [0.15, 0.2) is 5.78 Å². The number of carbonyl (C=O) groups is 2. The molecule has 2 aromatic rings. The van der Waals surface area contributed by atoms with Crippen molar-refractivity contribution in [1.82, 2.24) is 5.32 Å². The Balaban J connectivity index is 1.66. The summed E-state index contributed by atoms with van der Waals surface area (Å²) in [6.07, 6.45) is 1.31. The van der Waals surface area contributed by atoms with Crippen LogP contribution in [0.25, 0.3) is 0 Å². The van der Waals surface area contributed by atoms with Crippen molar-refractivity contribution in [2.75, 3.05) is 24.5 Å². The molecule has 1 aliphatic heterocycles. The summed E-state index contributed by atoms with van der Waals surface area (Å²) in [4.78, 5) is 26.5. The van der Waals surface area contributed by atoms with Crippen LogP contribution in [0.5, 0.6) is 0 Å². The minimum atomic E-state index is -0.999. The van der Waals surface area contributed by atoms with E-state index in [1.807, 2.05) is 18.2 Å². The number of hydrogen-bond donors (Lipinski definition) is 2. The Hall–Kier alpha value is -2.66. The third-order valence-electron chi connectivity index (χ3n) is 6.03. The molecule has 1 amide bonds. The second-order valence-corrected chi connectivity index (χ2v) is 7.53. The zero-order valence-corrected chi connectivity index (χ0v) is 15.2. The smallest absolute Gasteiger partial charge is 0.411 e. The molecular formula is C22H24N2O3. The Morgan fingerprint density at radius 1 is 0.963 bits per heavy atom. The molecule has 1 heterocycles. The highest BCUT2D eigenvalue weighted by atomic mass is 16.4. The van der Waals surface area contributed by atoms with E-state index in [1.165, 1.54) is 4.90 Å². The van der Waals surface area contributed by atoms with Crippen molar-refractivity contribution in [2.45, 2.75) is 12.8 Å². The van der Waals surface area contributed by atoms with Crippen LogP contribution in [0.3, 0.4) is 0 Å². The molecule has 2 bridgehead atoms. The third kappa shape index (κ3) is 3.47. The van der Waals surface area contributed by atoms with Crippen LogP contribution in [0.4, 0.5) is 10.5 Å². The highest BCUT2D eigenvalue weighted by Crippen LogP contribution is 2.40. The van der Waals surface area contributed by atoms with E-state index in [0.717, 1.165) is 25.9 Å². The first-order valence-corrected chi connectivity index (χ1v) is 9.55. The predicted octanol–water partition coefficient (Wildman–Crippen LogP) is 3.65. The SMILES string of the molecule is O=C(c1ccccc1)c1ccccc1N(CC1C2CCC1CNC2)C(=O)O. The summed E-state index contributed by atoms with van der Waals surface area (Å²) in [5.41, 5.74) is 1.49. The van der Waals surface area contributed by atoms with E-state index in [-0.39, 0.29) is 5.78 Å².